The van der Waals surface area contributed by atoms with Crippen LogP contribution in [0.3, 0.4) is 0 Å². The fraction of sp³-hybridized carbons (Fsp3) is 0.579. The van der Waals surface area contributed by atoms with Crippen LogP contribution in [0.25, 0.3) is 0 Å². The Morgan fingerprint density at radius 2 is 1.88 bits per heavy atom. The highest BCUT2D eigenvalue weighted by Gasteiger charge is 2.34. The molecule has 0 radical (unpaired) electrons. The number of hydrogen-bond acceptors (Lipinski definition) is 4. The van der Waals surface area contributed by atoms with Crippen molar-refractivity contribution in [1.82, 2.24) is 15.1 Å². The topological polar surface area (TPSA) is 61.9 Å². The summed E-state index contributed by atoms with van der Waals surface area (Å²) in [6.07, 6.45) is 2.85. The lowest BCUT2D eigenvalue weighted by atomic mass is 10.1. The van der Waals surface area contributed by atoms with Crippen LogP contribution in [0.4, 0.5) is 0 Å². The van der Waals surface area contributed by atoms with Gasteiger partial charge >= 0.3 is 0 Å². The van der Waals surface area contributed by atoms with E-state index < -0.39 is 0 Å². The van der Waals surface area contributed by atoms with E-state index in [4.69, 9.17) is 4.74 Å². The Morgan fingerprint density at radius 3 is 2.56 bits per heavy atom. The number of methoxy groups -OCH3 is 1. The van der Waals surface area contributed by atoms with Gasteiger partial charge in [-0.15, -0.1) is 0 Å². The number of ether oxygens (including phenoxy) is 1. The molecule has 0 spiro atoms. The lowest BCUT2D eigenvalue weighted by Crippen LogP contribution is -2.51. The van der Waals surface area contributed by atoms with Gasteiger partial charge < -0.3 is 15.0 Å². The molecule has 1 aromatic rings. The van der Waals surface area contributed by atoms with Crippen LogP contribution < -0.4 is 10.1 Å². The number of nitrogens with one attached hydrogen (secondary N) is 1. The monoisotopic (exact) mass is 345 g/mol. The average Bonchev–Trinajstić information content (AvgIpc) is 3.47. The van der Waals surface area contributed by atoms with Crippen LogP contribution in [0.15, 0.2) is 24.3 Å². The standard InChI is InChI=1S/C19H27N3O3/c1-25-17-5-3-2-4-15(17)8-9-20-18(23)14-21-10-12-22(13-11-21)19(24)16-6-7-16/h2-5,16H,6-14H2,1H3,(H,20,23). The molecule has 0 aromatic heterocycles. The quantitative estimate of drug-likeness (QED) is 0.798. The number of hydrogen-bond donors (Lipinski definition) is 1. The van der Waals surface area contributed by atoms with Crippen molar-refractivity contribution < 1.29 is 14.3 Å². The van der Waals surface area contributed by atoms with Crippen LogP contribution in [0.2, 0.25) is 0 Å². The third-order valence-electron chi connectivity index (χ3n) is 4.89. The zero-order valence-corrected chi connectivity index (χ0v) is 14.9. The van der Waals surface area contributed by atoms with Gasteiger partial charge in [-0.1, -0.05) is 18.2 Å². The minimum absolute atomic E-state index is 0.0388. The van der Waals surface area contributed by atoms with Crippen molar-refractivity contribution in [3.8, 4) is 5.75 Å². The summed E-state index contributed by atoms with van der Waals surface area (Å²) in [7, 11) is 1.66. The summed E-state index contributed by atoms with van der Waals surface area (Å²) in [6.45, 7) is 4.03. The van der Waals surface area contributed by atoms with Gasteiger partial charge in [-0.3, -0.25) is 14.5 Å². The Bertz CT molecular complexity index is 608. The summed E-state index contributed by atoms with van der Waals surface area (Å²) in [6, 6.07) is 7.86. The Morgan fingerprint density at radius 1 is 1.16 bits per heavy atom. The van der Waals surface area contributed by atoms with Crippen molar-refractivity contribution in [1.29, 1.82) is 0 Å². The Hall–Kier alpha value is -2.08. The van der Waals surface area contributed by atoms with Crippen LogP contribution in [-0.4, -0.2) is 68.0 Å². The zero-order chi connectivity index (χ0) is 17.6. The third-order valence-corrected chi connectivity index (χ3v) is 4.89. The molecular formula is C19H27N3O3. The van der Waals surface area contributed by atoms with Crippen LogP contribution in [0.5, 0.6) is 5.75 Å². The lowest BCUT2D eigenvalue weighted by Gasteiger charge is -2.34. The largest absolute Gasteiger partial charge is 0.496 e. The molecule has 2 amide bonds. The van der Waals surface area contributed by atoms with E-state index >= 15 is 0 Å². The summed E-state index contributed by atoms with van der Waals surface area (Å²) in [4.78, 5) is 28.2. The summed E-state index contributed by atoms with van der Waals surface area (Å²) < 4.78 is 5.32. The molecule has 1 saturated carbocycles. The van der Waals surface area contributed by atoms with E-state index in [2.05, 4.69) is 10.2 Å². The normalized spacial score (nSPS) is 18.0. The molecule has 6 heteroatoms. The fourth-order valence-electron chi connectivity index (χ4n) is 3.22. The first-order valence-electron chi connectivity index (χ1n) is 9.07. The molecule has 25 heavy (non-hydrogen) atoms. The summed E-state index contributed by atoms with van der Waals surface area (Å²) in [5, 5.41) is 2.98. The number of rotatable bonds is 7. The van der Waals surface area contributed by atoms with E-state index in [0.29, 0.717) is 19.0 Å². The van der Waals surface area contributed by atoms with Crippen molar-refractivity contribution in [2.75, 3.05) is 46.4 Å². The lowest BCUT2D eigenvalue weighted by molar-refractivity contribution is -0.134. The van der Waals surface area contributed by atoms with Crippen molar-refractivity contribution in [3.63, 3.8) is 0 Å². The molecule has 1 aliphatic heterocycles. The number of benzene rings is 1. The molecule has 0 unspecified atom stereocenters. The van der Waals surface area contributed by atoms with Gasteiger partial charge in [-0.05, 0) is 30.9 Å². The molecule has 1 N–H and O–H groups in total. The van der Waals surface area contributed by atoms with Crippen molar-refractivity contribution in [2.24, 2.45) is 5.92 Å². The van der Waals surface area contributed by atoms with Crippen LogP contribution >= 0.6 is 0 Å². The second-order valence-corrected chi connectivity index (χ2v) is 6.79. The highest BCUT2D eigenvalue weighted by Crippen LogP contribution is 2.31. The second-order valence-electron chi connectivity index (χ2n) is 6.79. The Labute approximate surface area is 149 Å². The first-order chi connectivity index (χ1) is 12.2. The van der Waals surface area contributed by atoms with E-state index in [1.807, 2.05) is 29.2 Å². The third kappa shape index (κ3) is 4.95. The minimum Gasteiger partial charge on any atom is -0.496 e. The van der Waals surface area contributed by atoms with Crippen LogP contribution in [0, 0.1) is 5.92 Å². The van der Waals surface area contributed by atoms with E-state index in [9.17, 15) is 9.59 Å². The summed E-state index contributed by atoms with van der Waals surface area (Å²) in [5.41, 5.74) is 1.09. The van der Waals surface area contributed by atoms with E-state index in [-0.39, 0.29) is 11.8 Å². The van der Waals surface area contributed by atoms with Gasteiger partial charge in [0.05, 0.1) is 13.7 Å². The molecule has 0 bridgehead atoms. The molecule has 6 nitrogen and oxygen atoms in total. The fourth-order valence-corrected chi connectivity index (χ4v) is 3.22. The molecule has 1 saturated heterocycles. The van der Waals surface area contributed by atoms with Gasteiger partial charge in [0.1, 0.15) is 5.75 Å². The molecule has 1 aromatic carbocycles. The smallest absolute Gasteiger partial charge is 0.234 e. The van der Waals surface area contributed by atoms with Crippen molar-refractivity contribution in [2.45, 2.75) is 19.3 Å². The van der Waals surface area contributed by atoms with E-state index in [1.54, 1.807) is 7.11 Å². The number of carbonyl (C=O) groups is 2. The maximum absolute atomic E-state index is 12.1. The average molecular weight is 345 g/mol. The highest BCUT2D eigenvalue weighted by molar-refractivity contribution is 5.81. The molecule has 1 aliphatic carbocycles. The maximum atomic E-state index is 12.1. The van der Waals surface area contributed by atoms with Crippen molar-refractivity contribution in [3.05, 3.63) is 29.8 Å². The molecule has 2 fully saturated rings. The Kier molecular flexibility index (Phi) is 5.91. The van der Waals surface area contributed by atoms with Gasteiger partial charge in [0.25, 0.3) is 0 Å². The van der Waals surface area contributed by atoms with Gasteiger partial charge in [-0.25, -0.2) is 0 Å². The molecule has 2 aliphatic rings. The highest BCUT2D eigenvalue weighted by atomic mass is 16.5. The summed E-state index contributed by atoms with van der Waals surface area (Å²) in [5.74, 6) is 1.48. The van der Waals surface area contributed by atoms with Gasteiger partial charge in [-0.2, -0.15) is 0 Å². The predicted molar refractivity (Wildman–Crippen MR) is 95.5 cm³/mol. The SMILES string of the molecule is COc1ccccc1CCNC(=O)CN1CCN(C(=O)C2CC2)CC1. The first-order valence-corrected chi connectivity index (χ1v) is 9.07. The van der Waals surface area contributed by atoms with E-state index in [0.717, 1.165) is 56.8 Å². The van der Waals surface area contributed by atoms with Gasteiger partial charge in [0.15, 0.2) is 0 Å². The second kappa shape index (κ2) is 8.34. The number of carbonyl (C=O) groups excluding carboxylic acids is 2. The van der Waals surface area contributed by atoms with Gasteiger partial charge in [0.2, 0.25) is 11.8 Å². The van der Waals surface area contributed by atoms with E-state index in [1.165, 1.54) is 0 Å². The number of piperazine rings is 1. The number of nitrogens with zero attached hydrogens (tertiary/aromatic N) is 2. The predicted octanol–water partition coefficient (Wildman–Crippen LogP) is 0.908. The molecule has 0 atom stereocenters. The number of para-hydroxylation sites is 1. The number of amides is 2. The van der Waals surface area contributed by atoms with Crippen LogP contribution in [-0.2, 0) is 16.0 Å². The van der Waals surface area contributed by atoms with Gasteiger partial charge in [0, 0.05) is 38.6 Å². The molecule has 1 heterocycles. The Balaban J connectivity index is 1.35. The van der Waals surface area contributed by atoms with Crippen LogP contribution in [0.1, 0.15) is 18.4 Å². The molecular weight excluding hydrogens is 318 g/mol. The molecule has 3 rings (SSSR count). The summed E-state index contributed by atoms with van der Waals surface area (Å²) >= 11 is 0. The zero-order valence-electron chi connectivity index (χ0n) is 14.9. The molecule has 136 valence electrons. The van der Waals surface area contributed by atoms with Crippen molar-refractivity contribution >= 4 is 11.8 Å². The first kappa shape index (κ1) is 17.7. The maximum Gasteiger partial charge on any atom is 0.234 e. The minimum atomic E-state index is 0.0388.